The minimum atomic E-state index is 0. The molecule has 8 nitrogen and oxygen atoms in total. The zero-order chi connectivity index (χ0) is 21.1. The van der Waals surface area contributed by atoms with Crippen LogP contribution >= 0.6 is 12.4 Å². The van der Waals surface area contributed by atoms with Crippen LogP contribution in [0.3, 0.4) is 0 Å². The molecular weight excluding hydrogens is 418 g/mol. The van der Waals surface area contributed by atoms with Gasteiger partial charge in [-0.2, -0.15) is 4.98 Å². The summed E-state index contributed by atoms with van der Waals surface area (Å²) in [6.07, 6.45) is 0.960. The van der Waals surface area contributed by atoms with E-state index in [1.54, 1.807) is 26.4 Å². The molecule has 1 aliphatic rings. The van der Waals surface area contributed by atoms with E-state index in [0.29, 0.717) is 29.0 Å². The highest BCUT2D eigenvalue weighted by molar-refractivity contribution is 5.91. The molecule has 166 valence electrons. The van der Waals surface area contributed by atoms with Crippen LogP contribution in [-0.2, 0) is 6.42 Å². The molecule has 2 heterocycles. The Balaban J connectivity index is 0.00000272. The van der Waals surface area contributed by atoms with Gasteiger partial charge in [-0.3, -0.25) is 4.90 Å². The van der Waals surface area contributed by atoms with Gasteiger partial charge in [-0.25, -0.2) is 4.98 Å². The lowest BCUT2D eigenvalue weighted by molar-refractivity contribution is 0.260. The molecule has 1 aliphatic heterocycles. The Bertz CT molecular complexity index is 1020. The van der Waals surface area contributed by atoms with Gasteiger partial charge < -0.3 is 25.2 Å². The summed E-state index contributed by atoms with van der Waals surface area (Å²) in [7, 11) is 3.20. The summed E-state index contributed by atoms with van der Waals surface area (Å²) in [5.41, 5.74) is 8.19. The van der Waals surface area contributed by atoms with Crippen LogP contribution in [0.5, 0.6) is 17.2 Å². The number of aromatic hydroxyl groups is 1. The van der Waals surface area contributed by atoms with Gasteiger partial charge in [0.2, 0.25) is 5.95 Å². The maximum absolute atomic E-state index is 9.40. The first-order valence-corrected chi connectivity index (χ1v) is 10.0. The third-order valence-electron chi connectivity index (χ3n) is 5.53. The number of methoxy groups -OCH3 is 2. The number of anilines is 2. The molecular formula is C22H28ClN5O3. The summed E-state index contributed by atoms with van der Waals surface area (Å²) in [5, 5.41) is 10.2. The molecule has 0 aliphatic carbocycles. The number of rotatable bonds is 6. The molecule has 3 N–H and O–H groups in total. The van der Waals surface area contributed by atoms with E-state index in [1.807, 2.05) is 24.3 Å². The van der Waals surface area contributed by atoms with Crippen LogP contribution in [0.4, 0.5) is 11.8 Å². The number of hydrogen-bond acceptors (Lipinski definition) is 8. The van der Waals surface area contributed by atoms with E-state index in [-0.39, 0.29) is 12.4 Å². The fourth-order valence-electron chi connectivity index (χ4n) is 3.73. The second kappa shape index (κ2) is 9.89. The SMILES string of the molecule is COc1cc2nc(N3CCN(CCc4ccc(O)cc4)CC3)nc(N)c2cc1OC.Cl. The maximum Gasteiger partial charge on any atom is 0.227 e. The molecule has 0 spiro atoms. The van der Waals surface area contributed by atoms with Crippen molar-refractivity contribution in [2.24, 2.45) is 0 Å². The van der Waals surface area contributed by atoms with Gasteiger partial charge in [-0.1, -0.05) is 12.1 Å². The second-order valence-corrected chi connectivity index (χ2v) is 7.38. The molecule has 1 saturated heterocycles. The number of piperazine rings is 1. The Morgan fingerprint density at radius 1 is 0.968 bits per heavy atom. The molecule has 0 radical (unpaired) electrons. The fraction of sp³-hybridized carbons (Fsp3) is 0.364. The van der Waals surface area contributed by atoms with Gasteiger partial charge >= 0.3 is 0 Å². The van der Waals surface area contributed by atoms with E-state index in [1.165, 1.54) is 5.56 Å². The molecule has 4 rings (SSSR count). The molecule has 0 saturated carbocycles. The summed E-state index contributed by atoms with van der Waals surface area (Å²) >= 11 is 0. The molecule has 0 amide bonds. The second-order valence-electron chi connectivity index (χ2n) is 7.38. The topological polar surface area (TPSA) is 97.0 Å². The highest BCUT2D eigenvalue weighted by atomic mass is 35.5. The first-order chi connectivity index (χ1) is 14.6. The fourth-order valence-corrected chi connectivity index (χ4v) is 3.73. The monoisotopic (exact) mass is 445 g/mol. The number of nitrogens with zero attached hydrogens (tertiary/aromatic N) is 4. The largest absolute Gasteiger partial charge is 0.508 e. The first-order valence-electron chi connectivity index (χ1n) is 10.0. The van der Waals surface area contributed by atoms with Crippen LogP contribution in [-0.4, -0.2) is 66.9 Å². The predicted octanol–water partition coefficient (Wildman–Crippen LogP) is 2.72. The Morgan fingerprint density at radius 3 is 2.26 bits per heavy atom. The van der Waals surface area contributed by atoms with Crippen LogP contribution in [0.15, 0.2) is 36.4 Å². The van der Waals surface area contributed by atoms with E-state index in [0.717, 1.165) is 50.0 Å². The quantitative estimate of drug-likeness (QED) is 0.597. The molecule has 1 fully saturated rings. The van der Waals surface area contributed by atoms with Crippen LogP contribution in [0.2, 0.25) is 0 Å². The lowest BCUT2D eigenvalue weighted by atomic mass is 10.1. The Kier molecular flexibility index (Phi) is 7.25. The van der Waals surface area contributed by atoms with E-state index >= 15 is 0 Å². The van der Waals surface area contributed by atoms with Gasteiger partial charge in [-0.15, -0.1) is 12.4 Å². The van der Waals surface area contributed by atoms with Gasteiger partial charge in [0.1, 0.15) is 11.6 Å². The number of benzene rings is 2. The third kappa shape index (κ3) is 5.03. The smallest absolute Gasteiger partial charge is 0.227 e. The first kappa shape index (κ1) is 22.7. The molecule has 0 atom stereocenters. The van der Waals surface area contributed by atoms with E-state index < -0.39 is 0 Å². The van der Waals surface area contributed by atoms with Gasteiger partial charge in [0.05, 0.1) is 19.7 Å². The normalized spacial score (nSPS) is 14.3. The van der Waals surface area contributed by atoms with Gasteiger partial charge in [-0.05, 0) is 30.2 Å². The molecule has 0 bridgehead atoms. The zero-order valence-corrected chi connectivity index (χ0v) is 18.6. The number of phenolic OH excluding ortho intramolecular Hbond substituents is 1. The summed E-state index contributed by atoms with van der Waals surface area (Å²) in [4.78, 5) is 13.9. The van der Waals surface area contributed by atoms with E-state index in [4.69, 9.17) is 20.2 Å². The number of aromatic nitrogens is 2. The number of phenols is 1. The van der Waals surface area contributed by atoms with Gasteiger partial charge in [0, 0.05) is 44.2 Å². The van der Waals surface area contributed by atoms with Crippen molar-refractivity contribution in [3.63, 3.8) is 0 Å². The molecule has 1 aromatic heterocycles. The van der Waals surface area contributed by atoms with E-state index in [9.17, 15) is 5.11 Å². The minimum Gasteiger partial charge on any atom is -0.508 e. The minimum absolute atomic E-state index is 0. The van der Waals surface area contributed by atoms with E-state index in [2.05, 4.69) is 14.8 Å². The van der Waals surface area contributed by atoms with Gasteiger partial charge in [0.25, 0.3) is 0 Å². The Morgan fingerprint density at radius 2 is 1.61 bits per heavy atom. The average molecular weight is 446 g/mol. The molecule has 31 heavy (non-hydrogen) atoms. The summed E-state index contributed by atoms with van der Waals surface area (Å²) < 4.78 is 10.7. The average Bonchev–Trinajstić information content (AvgIpc) is 2.78. The van der Waals surface area contributed by atoms with Crippen LogP contribution in [0, 0.1) is 0 Å². The standard InChI is InChI=1S/C22H27N5O3.ClH/c1-29-19-13-17-18(14-20(19)30-2)24-22(25-21(17)23)27-11-9-26(10-12-27)8-7-15-3-5-16(28)6-4-15;/h3-6,13-14,28H,7-12H2,1-2H3,(H2,23,24,25);1H. The molecule has 2 aromatic carbocycles. The predicted molar refractivity (Wildman–Crippen MR) is 125 cm³/mol. The highest BCUT2D eigenvalue weighted by Gasteiger charge is 2.20. The van der Waals surface area contributed by atoms with Gasteiger partial charge in [0.15, 0.2) is 11.5 Å². The zero-order valence-electron chi connectivity index (χ0n) is 17.7. The number of nitrogens with two attached hydrogens (primary N) is 1. The lowest BCUT2D eigenvalue weighted by Gasteiger charge is -2.34. The third-order valence-corrected chi connectivity index (χ3v) is 5.53. The number of ether oxygens (including phenoxy) is 2. The Hall–Kier alpha value is -2.97. The summed E-state index contributed by atoms with van der Waals surface area (Å²) in [6, 6.07) is 11.1. The highest BCUT2D eigenvalue weighted by Crippen LogP contribution is 2.34. The number of fused-ring (bicyclic) bond motifs is 1. The number of nitrogen functional groups attached to an aromatic ring is 1. The van der Waals surface area contributed by atoms with Crippen molar-refractivity contribution >= 4 is 35.1 Å². The van der Waals surface area contributed by atoms with Crippen LogP contribution < -0.4 is 20.1 Å². The molecule has 0 unspecified atom stereocenters. The summed E-state index contributed by atoms with van der Waals surface area (Å²) in [5.74, 6) is 2.61. The Labute approximate surface area is 188 Å². The molecule has 9 heteroatoms. The van der Waals surface area contributed by atoms with Crippen molar-refractivity contribution in [1.29, 1.82) is 0 Å². The van der Waals surface area contributed by atoms with Crippen molar-refractivity contribution in [2.45, 2.75) is 6.42 Å². The lowest BCUT2D eigenvalue weighted by Crippen LogP contribution is -2.47. The van der Waals surface area contributed by atoms with Crippen molar-refractivity contribution in [3.05, 3.63) is 42.0 Å². The number of hydrogen-bond donors (Lipinski definition) is 2. The molecule has 3 aromatic rings. The van der Waals surface area contributed by atoms with Crippen molar-refractivity contribution < 1.29 is 14.6 Å². The van der Waals surface area contributed by atoms with Crippen molar-refractivity contribution in [1.82, 2.24) is 14.9 Å². The van der Waals surface area contributed by atoms with Crippen LogP contribution in [0.25, 0.3) is 10.9 Å². The maximum atomic E-state index is 9.40. The summed E-state index contributed by atoms with van der Waals surface area (Å²) in [6.45, 7) is 4.54. The van der Waals surface area contributed by atoms with Crippen molar-refractivity contribution in [2.75, 3.05) is 57.6 Å². The van der Waals surface area contributed by atoms with Crippen molar-refractivity contribution in [3.8, 4) is 17.2 Å². The number of halogens is 1. The van der Waals surface area contributed by atoms with Crippen LogP contribution in [0.1, 0.15) is 5.56 Å².